The first-order valence-electron chi connectivity index (χ1n) is 9.40. The third-order valence-corrected chi connectivity index (χ3v) is 4.40. The van der Waals surface area contributed by atoms with Gasteiger partial charge in [-0.25, -0.2) is 9.37 Å². The molecule has 1 heterocycles. The molecule has 0 saturated heterocycles. The van der Waals surface area contributed by atoms with Crippen LogP contribution >= 0.6 is 0 Å². The SMILES string of the molecule is CCOc1cc(F)c(CC(=O)O)c(-c2cccnc2OCc2ccc(OC)cc2)c1. The standard InChI is InChI=1S/C23H22FNO5/c1-3-29-17-11-19(20(13-22(26)27)21(24)12-17)18-5-4-10-25-23(18)30-14-15-6-8-16(28-2)9-7-15/h4-12H,3,13-14H2,1-2H3,(H,26,27). The Labute approximate surface area is 173 Å². The van der Waals surface area contributed by atoms with Crippen LogP contribution in [0.15, 0.2) is 54.7 Å². The van der Waals surface area contributed by atoms with Crippen LogP contribution < -0.4 is 14.2 Å². The van der Waals surface area contributed by atoms with E-state index in [9.17, 15) is 14.3 Å². The highest BCUT2D eigenvalue weighted by Crippen LogP contribution is 2.35. The molecule has 0 spiro atoms. The third kappa shape index (κ3) is 5.05. The number of aliphatic carboxylic acids is 1. The minimum atomic E-state index is -1.14. The van der Waals surface area contributed by atoms with Gasteiger partial charge in [-0.1, -0.05) is 12.1 Å². The number of halogens is 1. The van der Waals surface area contributed by atoms with Gasteiger partial charge in [0, 0.05) is 23.4 Å². The van der Waals surface area contributed by atoms with Crippen LogP contribution in [-0.4, -0.2) is 29.8 Å². The van der Waals surface area contributed by atoms with Gasteiger partial charge in [-0.2, -0.15) is 0 Å². The number of hydrogen-bond acceptors (Lipinski definition) is 5. The Hall–Kier alpha value is -3.61. The molecule has 0 saturated carbocycles. The quantitative estimate of drug-likeness (QED) is 0.559. The number of pyridine rings is 1. The van der Waals surface area contributed by atoms with Crippen molar-refractivity contribution in [1.82, 2.24) is 4.98 Å². The van der Waals surface area contributed by atoms with Crippen molar-refractivity contribution in [2.24, 2.45) is 0 Å². The first-order chi connectivity index (χ1) is 14.5. The van der Waals surface area contributed by atoms with Crippen LogP contribution in [0.1, 0.15) is 18.1 Å². The zero-order valence-electron chi connectivity index (χ0n) is 16.7. The van der Waals surface area contributed by atoms with Crippen molar-refractivity contribution >= 4 is 5.97 Å². The lowest BCUT2D eigenvalue weighted by Crippen LogP contribution is -2.07. The summed E-state index contributed by atoms with van der Waals surface area (Å²) in [6.45, 7) is 2.37. The second kappa shape index (κ2) is 9.73. The molecule has 0 amide bonds. The summed E-state index contributed by atoms with van der Waals surface area (Å²) in [4.78, 5) is 15.6. The van der Waals surface area contributed by atoms with Gasteiger partial charge in [-0.05, 0) is 48.4 Å². The second-order valence-electron chi connectivity index (χ2n) is 6.43. The smallest absolute Gasteiger partial charge is 0.307 e. The topological polar surface area (TPSA) is 77.9 Å². The molecule has 2 aromatic carbocycles. The van der Waals surface area contributed by atoms with Gasteiger partial charge in [0.2, 0.25) is 5.88 Å². The average molecular weight is 411 g/mol. The largest absolute Gasteiger partial charge is 0.497 e. The first kappa shape index (κ1) is 21.1. The fourth-order valence-electron chi connectivity index (χ4n) is 3.02. The number of benzene rings is 2. The Bertz CT molecular complexity index is 1020. The van der Waals surface area contributed by atoms with Gasteiger partial charge in [-0.3, -0.25) is 4.79 Å². The Morgan fingerprint density at radius 3 is 2.50 bits per heavy atom. The summed E-state index contributed by atoms with van der Waals surface area (Å²) in [7, 11) is 1.59. The molecular formula is C23H22FNO5. The maximum absolute atomic E-state index is 14.7. The molecule has 0 aliphatic rings. The van der Waals surface area contributed by atoms with Crippen LogP contribution in [0.25, 0.3) is 11.1 Å². The summed E-state index contributed by atoms with van der Waals surface area (Å²) in [5, 5.41) is 9.24. The summed E-state index contributed by atoms with van der Waals surface area (Å²) in [5.74, 6) is -0.469. The van der Waals surface area contributed by atoms with E-state index in [-0.39, 0.29) is 18.1 Å². The zero-order chi connectivity index (χ0) is 21.5. The lowest BCUT2D eigenvalue weighted by Gasteiger charge is -2.15. The Morgan fingerprint density at radius 1 is 1.07 bits per heavy atom. The van der Waals surface area contributed by atoms with Crippen LogP contribution in [-0.2, 0) is 17.8 Å². The van der Waals surface area contributed by atoms with Crippen molar-refractivity contribution in [2.75, 3.05) is 13.7 Å². The van der Waals surface area contributed by atoms with E-state index in [0.29, 0.717) is 23.5 Å². The van der Waals surface area contributed by atoms with Crippen molar-refractivity contribution in [1.29, 1.82) is 0 Å². The lowest BCUT2D eigenvalue weighted by atomic mass is 9.97. The predicted octanol–water partition coefficient (Wildman–Crippen LogP) is 4.50. The molecule has 30 heavy (non-hydrogen) atoms. The minimum Gasteiger partial charge on any atom is -0.497 e. The summed E-state index contributed by atoms with van der Waals surface area (Å²) >= 11 is 0. The third-order valence-electron chi connectivity index (χ3n) is 4.40. The van der Waals surface area contributed by atoms with E-state index in [1.807, 2.05) is 24.3 Å². The summed E-state index contributed by atoms with van der Waals surface area (Å²) < 4.78 is 31.2. The molecule has 156 valence electrons. The highest BCUT2D eigenvalue weighted by molar-refractivity contribution is 5.79. The fraction of sp³-hybridized carbons (Fsp3) is 0.217. The molecule has 1 aromatic heterocycles. The molecule has 0 unspecified atom stereocenters. The molecular weight excluding hydrogens is 389 g/mol. The predicted molar refractivity (Wildman–Crippen MR) is 109 cm³/mol. The van der Waals surface area contributed by atoms with Crippen molar-refractivity contribution in [3.05, 3.63) is 71.7 Å². The van der Waals surface area contributed by atoms with E-state index < -0.39 is 18.2 Å². The lowest BCUT2D eigenvalue weighted by molar-refractivity contribution is -0.136. The van der Waals surface area contributed by atoms with E-state index in [0.717, 1.165) is 11.3 Å². The molecule has 3 rings (SSSR count). The van der Waals surface area contributed by atoms with Gasteiger partial charge in [-0.15, -0.1) is 0 Å². The molecule has 6 nitrogen and oxygen atoms in total. The van der Waals surface area contributed by atoms with E-state index in [1.54, 1.807) is 38.4 Å². The number of methoxy groups -OCH3 is 1. The van der Waals surface area contributed by atoms with Crippen LogP contribution in [0.3, 0.4) is 0 Å². The van der Waals surface area contributed by atoms with Gasteiger partial charge in [0.1, 0.15) is 23.9 Å². The molecule has 1 N–H and O–H groups in total. The molecule has 3 aromatic rings. The number of carbonyl (C=O) groups is 1. The fourth-order valence-corrected chi connectivity index (χ4v) is 3.02. The highest BCUT2D eigenvalue weighted by atomic mass is 19.1. The molecule has 0 fully saturated rings. The van der Waals surface area contributed by atoms with Crippen molar-refractivity contribution in [2.45, 2.75) is 20.0 Å². The average Bonchev–Trinajstić information content (AvgIpc) is 2.74. The van der Waals surface area contributed by atoms with Crippen molar-refractivity contribution < 1.29 is 28.5 Å². The summed E-state index contributed by atoms with van der Waals surface area (Å²) in [6.07, 6.45) is 1.09. The van der Waals surface area contributed by atoms with Gasteiger partial charge >= 0.3 is 5.97 Å². The van der Waals surface area contributed by atoms with E-state index >= 15 is 0 Å². The number of ether oxygens (including phenoxy) is 3. The Balaban J connectivity index is 1.97. The molecule has 0 radical (unpaired) electrons. The normalized spacial score (nSPS) is 10.5. The van der Waals surface area contributed by atoms with Crippen LogP contribution in [0.2, 0.25) is 0 Å². The molecule has 0 bridgehead atoms. The number of nitrogens with zero attached hydrogens (tertiary/aromatic N) is 1. The van der Waals surface area contributed by atoms with Gasteiger partial charge in [0.05, 0.1) is 20.1 Å². The Morgan fingerprint density at radius 2 is 1.83 bits per heavy atom. The Kier molecular flexibility index (Phi) is 6.85. The maximum atomic E-state index is 14.7. The highest BCUT2D eigenvalue weighted by Gasteiger charge is 2.19. The second-order valence-corrected chi connectivity index (χ2v) is 6.43. The first-order valence-corrected chi connectivity index (χ1v) is 9.40. The van der Waals surface area contributed by atoms with Gasteiger partial charge < -0.3 is 19.3 Å². The number of aromatic nitrogens is 1. The minimum absolute atomic E-state index is 0.0493. The molecule has 0 atom stereocenters. The van der Waals surface area contributed by atoms with Crippen LogP contribution in [0.4, 0.5) is 4.39 Å². The molecule has 0 aliphatic heterocycles. The summed E-state index contributed by atoms with van der Waals surface area (Å²) in [6, 6.07) is 13.6. The van der Waals surface area contributed by atoms with E-state index in [2.05, 4.69) is 4.98 Å². The van der Waals surface area contributed by atoms with Crippen molar-refractivity contribution in [3.63, 3.8) is 0 Å². The van der Waals surface area contributed by atoms with E-state index in [4.69, 9.17) is 14.2 Å². The van der Waals surface area contributed by atoms with Gasteiger partial charge in [0.25, 0.3) is 0 Å². The molecule has 7 heteroatoms. The van der Waals surface area contributed by atoms with Crippen LogP contribution in [0, 0.1) is 5.82 Å². The van der Waals surface area contributed by atoms with Crippen molar-refractivity contribution in [3.8, 4) is 28.5 Å². The number of carboxylic acids is 1. The summed E-state index contributed by atoms with van der Waals surface area (Å²) in [5.41, 5.74) is 1.81. The maximum Gasteiger partial charge on any atom is 0.307 e. The van der Waals surface area contributed by atoms with Crippen LogP contribution in [0.5, 0.6) is 17.4 Å². The number of hydrogen-bond donors (Lipinski definition) is 1. The zero-order valence-corrected chi connectivity index (χ0v) is 16.7. The van der Waals surface area contributed by atoms with Gasteiger partial charge in [0.15, 0.2) is 0 Å². The molecule has 0 aliphatic carbocycles. The number of rotatable bonds is 9. The monoisotopic (exact) mass is 411 g/mol. The van der Waals surface area contributed by atoms with E-state index in [1.165, 1.54) is 6.07 Å². The number of carboxylic acid groups (broad SMARTS) is 1.